The lowest BCUT2D eigenvalue weighted by Crippen LogP contribution is -2.28. The molecule has 0 atom stereocenters. The summed E-state index contributed by atoms with van der Waals surface area (Å²) in [5, 5.41) is 5.83. The van der Waals surface area contributed by atoms with Crippen LogP contribution in [0.4, 0.5) is 15.8 Å². The zero-order chi connectivity index (χ0) is 22.7. The van der Waals surface area contributed by atoms with Gasteiger partial charge in [-0.3, -0.25) is 19.0 Å². The number of para-hydroxylation sites is 1. The molecule has 2 heterocycles. The topological polar surface area (TPSA) is 93.1 Å². The van der Waals surface area contributed by atoms with Crippen molar-refractivity contribution >= 4 is 44.7 Å². The minimum absolute atomic E-state index is 0.233. The van der Waals surface area contributed by atoms with E-state index in [-0.39, 0.29) is 17.7 Å². The van der Waals surface area contributed by atoms with Crippen LogP contribution in [0.3, 0.4) is 0 Å². The molecule has 4 aromatic rings. The van der Waals surface area contributed by atoms with E-state index in [9.17, 15) is 18.8 Å². The number of nitrogens with zero attached hydrogens (tertiary/aromatic N) is 2. The van der Waals surface area contributed by atoms with E-state index in [4.69, 9.17) is 0 Å². The molecule has 0 spiro atoms. The third kappa shape index (κ3) is 4.57. The van der Waals surface area contributed by atoms with Gasteiger partial charge in [-0.2, -0.15) is 0 Å². The lowest BCUT2D eigenvalue weighted by molar-refractivity contribution is -0.116. The number of hydrogen-bond acceptors (Lipinski definition) is 5. The van der Waals surface area contributed by atoms with E-state index < -0.39 is 17.6 Å². The summed E-state index contributed by atoms with van der Waals surface area (Å²) in [4.78, 5) is 44.0. The van der Waals surface area contributed by atoms with Gasteiger partial charge in [0.2, 0.25) is 5.91 Å². The molecule has 7 nitrogen and oxygen atoms in total. The molecule has 162 valence electrons. The Balaban J connectivity index is 1.51. The molecule has 32 heavy (non-hydrogen) atoms. The first-order valence-electron chi connectivity index (χ1n) is 9.88. The maximum atomic E-state index is 13.1. The quantitative estimate of drug-likeness (QED) is 0.464. The van der Waals surface area contributed by atoms with Crippen LogP contribution in [0.25, 0.3) is 10.2 Å². The van der Waals surface area contributed by atoms with Crippen LogP contribution in [-0.2, 0) is 17.8 Å². The maximum absolute atomic E-state index is 13.1. The fourth-order valence-corrected chi connectivity index (χ4v) is 4.09. The number of aromatic nitrogens is 2. The van der Waals surface area contributed by atoms with Crippen molar-refractivity contribution in [1.29, 1.82) is 0 Å². The number of carbonyl (C=O) groups excluding carboxylic acids is 2. The average Bonchev–Trinajstić information content (AvgIpc) is 3.22. The predicted molar refractivity (Wildman–Crippen MR) is 123 cm³/mol. The van der Waals surface area contributed by atoms with Gasteiger partial charge in [0.25, 0.3) is 11.5 Å². The molecule has 0 fully saturated rings. The first-order valence-corrected chi connectivity index (χ1v) is 10.7. The number of anilines is 2. The first kappa shape index (κ1) is 21.4. The lowest BCUT2D eigenvalue weighted by Gasteiger charge is -2.12. The van der Waals surface area contributed by atoms with Crippen molar-refractivity contribution in [3.63, 3.8) is 0 Å². The normalized spacial score (nSPS) is 10.8. The molecular weight excluding hydrogens is 431 g/mol. The van der Waals surface area contributed by atoms with E-state index in [1.807, 2.05) is 6.92 Å². The highest BCUT2D eigenvalue weighted by atomic mass is 32.1. The fraction of sp³-hybridized carbons (Fsp3) is 0.130. The van der Waals surface area contributed by atoms with Gasteiger partial charge in [-0.25, -0.2) is 9.37 Å². The maximum Gasteiger partial charge on any atom is 0.262 e. The Labute approximate surface area is 186 Å². The minimum atomic E-state index is -0.471. The molecule has 0 aliphatic rings. The van der Waals surface area contributed by atoms with E-state index in [0.717, 1.165) is 11.3 Å². The minimum Gasteiger partial charge on any atom is -0.324 e. The van der Waals surface area contributed by atoms with Crippen LogP contribution in [0, 0.1) is 5.82 Å². The van der Waals surface area contributed by atoms with Gasteiger partial charge < -0.3 is 10.6 Å². The summed E-state index contributed by atoms with van der Waals surface area (Å²) in [6, 6.07) is 13.7. The van der Waals surface area contributed by atoms with Crippen molar-refractivity contribution in [3.8, 4) is 0 Å². The van der Waals surface area contributed by atoms with Crippen LogP contribution >= 0.6 is 11.3 Å². The molecule has 0 aliphatic heterocycles. The third-order valence-electron chi connectivity index (χ3n) is 4.78. The smallest absolute Gasteiger partial charge is 0.262 e. The Kier molecular flexibility index (Phi) is 6.09. The van der Waals surface area contributed by atoms with Gasteiger partial charge in [0.15, 0.2) is 0 Å². The standard InChI is InChI=1S/C23H19FN4O3S/c1-2-16-11-18-22(32-16)25-13-28(23(18)31)12-20(29)27-19-6-4-3-5-17(19)21(30)26-15-9-7-14(24)8-10-15/h3-11,13H,2,12H2,1H3,(H,26,30)(H,27,29). The second-order valence-electron chi connectivity index (χ2n) is 7.02. The van der Waals surface area contributed by atoms with Gasteiger partial charge in [0, 0.05) is 10.6 Å². The zero-order valence-corrected chi connectivity index (χ0v) is 17.9. The number of benzene rings is 2. The molecule has 0 radical (unpaired) electrons. The average molecular weight is 450 g/mol. The summed E-state index contributed by atoms with van der Waals surface area (Å²) in [7, 11) is 0. The van der Waals surface area contributed by atoms with E-state index in [1.54, 1.807) is 30.3 Å². The van der Waals surface area contributed by atoms with Gasteiger partial charge in [-0.1, -0.05) is 19.1 Å². The van der Waals surface area contributed by atoms with E-state index >= 15 is 0 Å². The van der Waals surface area contributed by atoms with Crippen LogP contribution in [0.5, 0.6) is 0 Å². The molecule has 0 unspecified atom stereocenters. The van der Waals surface area contributed by atoms with E-state index in [1.165, 1.54) is 46.5 Å². The molecule has 0 saturated carbocycles. The summed E-state index contributed by atoms with van der Waals surface area (Å²) in [5.74, 6) is -1.34. The monoisotopic (exact) mass is 450 g/mol. The SMILES string of the molecule is CCc1cc2c(=O)n(CC(=O)Nc3ccccc3C(=O)Nc3ccc(F)cc3)cnc2s1. The van der Waals surface area contributed by atoms with Crippen LogP contribution < -0.4 is 16.2 Å². The van der Waals surface area contributed by atoms with Crippen LogP contribution in [0.1, 0.15) is 22.2 Å². The van der Waals surface area contributed by atoms with Gasteiger partial charge >= 0.3 is 0 Å². The fourth-order valence-electron chi connectivity index (χ4n) is 3.16. The summed E-state index contributed by atoms with van der Waals surface area (Å²) in [6.07, 6.45) is 2.16. The number of carbonyl (C=O) groups is 2. The Bertz CT molecular complexity index is 1360. The Morgan fingerprint density at radius 2 is 1.84 bits per heavy atom. The molecular formula is C23H19FN4O3S. The largest absolute Gasteiger partial charge is 0.324 e. The van der Waals surface area contributed by atoms with Crippen LogP contribution in [-0.4, -0.2) is 21.4 Å². The zero-order valence-electron chi connectivity index (χ0n) is 17.1. The Hall–Kier alpha value is -3.85. The molecule has 0 bridgehead atoms. The molecule has 4 rings (SSSR count). The number of fused-ring (bicyclic) bond motifs is 1. The van der Waals surface area contributed by atoms with Gasteiger partial charge in [0.05, 0.1) is 23.0 Å². The number of rotatable bonds is 6. The molecule has 2 aromatic heterocycles. The highest BCUT2D eigenvalue weighted by molar-refractivity contribution is 7.18. The Morgan fingerprint density at radius 3 is 2.59 bits per heavy atom. The van der Waals surface area contributed by atoms with E-state index in [0.29, 0.717) is 21.6 Å². The highest BCUT2D eigenvalue weighted by Crippen LogP contribution is 2.21. The van der Waals surface area contributed by atoms with Crippen LogP contribution in [0.2, 0.25) is 0 Å². The Morgan fingerprint density at radius 1 is 1.09 bits per heavy atom. The van der Waals surface area contributed by atoms with Crippen molar-refractivity contribution < 1.29 is 14.0 Å². The van der Waals surface area contributed by atoms with Gasteiger partial charge in [-0.15, -0.1) is 11.3 Å². The lowest BCUT2D eigenvalue weighted by atomic mass is 10.1. The molecule has 2 amide bonds. The summed E-state index contributed by atoms with van der Waals surface area (Å²) in [6.45, 7) is 1.76. The molecule has 2 aromatic carbocycles. The van der Waals surface area contributed by atoms with Crippen molar-refractivity contribution in [2.75, 3.05) is 10.6 Å². The predicted octanol–water partition coefficient (Wildman–Crippen LogP) is 4.05. The second kappa shape index (κ2) is 9.11. The number of thiophene rings is 1. The second-order valence-corrected chi connectivity index (χ2v) is 8.13. The van der Waals surface area contributed by atoms with Crippen molar-refractivity contribution in [3.05, 3.63) is 87.5 Å². The number of nitrogens with one attached hydrogen (secondary N) is 2. The summed E-state index contributed by atoms with van der Waals surface area (Å²) < 4.78 is 14.3. The number of amides is 2. The molecule has 9 heteroatoms. The van der Waals surface area contributed by atoms with E-state index in [2.05, 4.69) is 15.6 Å². The number of hydrogen-bond donors (Lipinski definition) is 2. The molecule has 0 saturated heterocycles. The van der Waals surface area contributed by atoms with Crippen LogP contribution in [0.15, 0.2) is 65.7 Å². The first-order chi connectivity index (χ1) is 15.4. The number of aryl methyl sites for hydroxylation is 1. The molecule has 0 aliphatic carbocycles. The van der Waals surface area contributed by atoms with Gasteiger partial charge in [0.1, 0.15) is 17.2 Å². The van der Waals surface area contributed by atoms with Crippen molar-refractivity contribution in [1.82, 2.24) is 9.55 Å². The summed E-state index contributed by atoms with van der Waals surface area (Å²) >= 11 is 1.46. The van der Waals surface area contributed by atoms with Crippen molar-refractivity contribution in [2.24, 2.45) is 0 Å². The van der Waals surface area contributed by atoms with Crippen molar-refractivity contribution in [2.45, 2.75) is 19.9 Å². The van der Waals surface area contributed by atoms with Gasteiger partial charge in [-0.05, 0) is 48.9 Å². The third-order valence-corrected chi connectivity index (χ3v) is 5.97. The molecule has 2 N–H and O–H groups in total. The highest BCUT2D eigenvalue weighted by Gasteiger charge is 2.15. The number of halogens is 1. The summed E-state index contributed by atoms with van der Waals surface area (Å²) in [5.41, 5.74) is 0.661.